The van der Waals surface area contributed by atoms with Gasteiger partial charge >= 0.3 is 0 Å². The lowest BCUT2D eigenvalue weighted by Crippen LogP contribution is -2.32. The lowest BCUT2D eigenvalue weighted by Gasteiger charge is -2.24. The predicted molar refractivity (Wildman–Crippen MR) is 86.0 cm³/mol. The highest BCUT2D eigenvalue weighted by molar-refractivity contribution is 6.83. The second-order valence-corrected chi connectivity index (χ2v) is 11.1. The standard InChI is InChI=1S/C16H31NOSi/c1-5-8-11-15(14-19(4,6-2)7-3)16(18)17-12-9-10-13-17/h14H,5-13H2,1-4H3/b15-14-. The van der Waals surface area contributed by atoms with Crippen molar-refractivity contribution < 1.29 is 4.79 Å². The van der Waals surface area contributed by atoms with Crippen LogP contribution in [0.25, 0.3) is 0 Å². The van der Waals surface area contributed by atoms with Crippen LogP contribution in [0, 0.1) is 0 Å². The molecule has 0 aliphatic carbocycles. The third-order valence-corrected chi connectivity index (χ3v) is 8.88. The summed E-state index contributed by atoms with van der Waals surface area (Å²) in [7, 11) is -1.33. The first-order chi connectivity index (χ1) is 9.06. The van der Waals surface area contributed by atoms with Crippen molar-refractivity contribution in [3.63, 3.8) is 0 Å². The van der Waals surface area contributed by atoms with E-state index in [4.69, 9.17) is 0 Å². The SMILES string of the molecule is CCCC/C(=C/[Si](C)(CC)CC)C(=O)N1CCCC1. The van der Waals surface area contributed by atoms with Gasteiger partial charge in [-0.2, -0.15) is 0 Å². The Morgan fingerprint density at radius 1 is 1.16 bits per heavy atom. The molecule has 110 valence electrons. The number of rotatable bonds is 7. The highest BCUT2D eigenvalue weighted by Gasteiger charge is 2.26. The summed E-state index contributed by atoms with van der Waals surface area (Å²) in [4.78, 5) is 14.7. The van der Waals surface area contributed by atoms with Gasteiger partial charge in [-0.25, -0.2) is 0 Å². The van der Waals surface area contributed by atoms with Crippen LogP contribution in [-0.2, 0) is 4.79 Å². The molecule has 1 amide bonds. The molecular formula is C16H31NOSi. The molecule has 0 N–H and O–H groups in total. The van der Waals surface area contributed by atoms with E-state index < -0.39 is 8.07 Å². The van der Waals surface area contributed by atoms with Gasteiger partial charge in [-0.1, -0.05) is 51.5 Å². The number of likely N-dealkylation sites (tertiary alicyclic amines) is 1. The monoisotopic (exact) mass is 281 g/mol. The molecule has 0 spiro atoms. The molecule has 0 aromatic heterocycles. The summed E-state index contributed by atoms with van der Waals surface area (Å²) in [6.45, 7) is 11.1. The molecule has 1 aliphatic heterocycles. The molecule has 0 unspecified atom stereocenters. The third-order valence-electron chi connectivity index (χ3n) is 4.61. The lowest BCUT2D eigenvalue weighted by atomic mass is 10.1. The summed E-state index contributed by atoms with van der Waals surface area (Å²) < 4.78 is 0. The van der Waals surface area contributed by atoms with Crippen LogP contribution in [0.2, 0.25) is 18.6 Å². The summed E-state index contributed by atoms with van der Waals surface area (Å²) in [6.07, 6.45) is 5.66. The number of amides is 1. The number of carbonyl (C=O) groups is 1. The van der Waals surface area contributed by atoms with Crippen LogP contribution in [0.15, 0.2) is 11.3 Å². The van der Waals surface area contributed by atoms with Crippen LogP contribution in [0.5, 0.6) is 0 Å². The minimum absolute atomic E-state index is 0.339. The minimum atomic E-state index is -1.33. The number of carbonyl (C=O) groups excluding carboxylic acids is 1. The molecule has 0 bridgehead atoms. The van der Waals surface area contributed by atoms with Gasteiger partial charge in [0.15, 0.2) is 0 Å². The fourth-order valence-electron chi connectivity index (χ4n) is 2.61. The van der Waals surface area contributed by atoms with Gasteiger partial charge < -0.3 is 4.90 Å². The Hall–Kier alpha value is -0.573. The van der Waals surface area contributed by atoms with E-state index >= 15 is 0 Å². The molecule has 0 saturated carbocycles. The van der Waals surface area contributed by atoms with Crippen molar-refractivity contribution in [1.29, 1.82) is 0 Å². The van der Waals surface area contributed by atoms with Crippen molar-refractivity contribution in [2.45, 2.75) is 71.5 Å². The molecule has 1 rings (SSSR count). The second-order valence-electron chi connectivity index (χ2n) is 6.13. The van der Waals surface area contributed by atoms with E-state index in [2.05, 4.69) is 37.9 Å². The predicted octanol–water partition coefficient (Wildman–Crippen LogP) is 4.38. The number of hydrogen-bond donors (Lipinski definition) is 0. The molecule has 0 atom stereocenters. The van der Waals surface area contributed by atoms with Crippen molar-refractivity contribution in [3.05, 3.63) is 11.3 Å². The van der Waals surface area contributed by atoms with E-state index in [1.54, 1.807) is 0 Å². The minimum Gasteiger partial charge on any atom is -0.339 e. The Labute approximate surface area is 120 Å². The summed E-state index contributed by atoms with van der Waals surface area (Å²) >= 11 is 0. The van der Waals surface area contributed by atoms with Crippen LogP contribution in [0.3, 0.4) is 0 Å². The Bertz CT molecular complexity index is 315. The Kier molecular flexibility index (Phi) is 6.84. The van der Waals surface area contributed by atoms with Gasteiger partial charge in [0.05, 0.1) is 8.07 Å². The molecule has 3 heteroatoms. The Morgan fingerprint density at radius 2 is 1.74 bits per heavy atom. The molecule has 1 heterocycles. The van der Waals surface area contributed by atoms with Crippen LogP contribution in [-0.4, -0.2) is 32.0 Å². The van der Waals surface area contributed by atoms with E-state index in [1.807, 2.05) is 0 Å². The van der Waals surface area contributed by atoms with Gasteiger partial charge in [0.2, 0.25) is 5.91 Å². The third kappa shape index (κ3) is 4.79. The first-order valence-electron chi connectivity index (χ1n) is 8.07. The van der Waals surface area contributed by atoms with Crippen molar-refractivity contribution >= 4 is 14.0 Å². The molecule has 0 radical (unpaired) electrons. The highest BCUT2D eigenvalue weighted by atomic mass is 28.3. The molecule has 1 aliphatic rings. The second kappa shape index (κ2) is 7.88. The maximum absolute atomic E-state index is 12.6. The summed E-state index contributed by atoms with van der Waals surface area (Å²) in [5, 5.41) is 0. The van der Waals surface area contributed by atoms with E-state index in [1.165, 1.54) is 31.4 Å². The fourth-order valence-corrected chi connectivity index (χ4v) is 4.62. The van der Waals surface area contributed by atoms with E-state index in [9.17, 15) is 4.79 Å². The molecule has 1 fully saturated rings. The molecule has 19 heavy (non-hydrogen) atoms. The van der Waals surface area contributed by atoms with Crippen LogP contribution >= 0.6 is 0 Å². The van der Waals surface area contributed by atoms with E-state index in [0.717, 1.165) is 31.5 Å². The van der Waals surface area contributed by atoms with E-state index in [-0.39, 0.29) is 0 Å². The number of unbranched alkanes of at least 4 members (excludes halogenated alkanes) is 1. The topological polar surface area (TPSA) is 20.3 Å². The zero-order chi connectivity index (χ0) is 14.3. The maximum Gasteiger partial charge on any atom is 0.249 e. The smallest absolute Gasteiger partial charge is 0.249 e. The zero-order valence-corrected chi connectivity index (χ0v) is 14.3. The van der Waals surface area contributed by atoms with E-state index in [0.29, 0.717) is 5.91 Å². The number of hydrogen-bond acceptors (Lipinski definition) is 1. The average molecular weight is 282 g/mol. The van der Waals surface area contributed by atoms with Gasteiger partial charge in [-0.05, 0) is 25.7 Å². The van der Waals surface area contributed by atoms with Crippen LogP contribution in [0.1, 0.15) is 52.9 Å². The van der Waals surface area contributed by atoms with Crippen molar-refractivity contribution in [2.24, 2.45) is 0 Å². The fraction of sp³-hybridized carbons (Fsp3) is 0.812. The largest absolute Gasteiger partial charge is 0.339 e. The van der Waals surface area contributed by atoms with Gasteiger partial charge in [0.25, 0.3) is 0 Å². The normalized spacial score (nSPS) is 17.1. The maximum atomic E-state index is 12.6. The van der Waals surface area contributed by atoms with Gasteiger partial charge in [-0.15, -0.1) is 0 Å². The summed E-state index contributed by atoms with van der Waals surface area (Å²) in [6, 6.07) is 2.48. The van der Waals surface area contributed by atoms with Crippen molar-refractivity contribution in [2.75, 3.05) is 13.1 Å². The zero-order valence-electron chi connectivity index (χ0n) is 13.3. The van der Waals surface area contributed by atoms with Gasteiger partial charge in [0, 0.05) is 18.7 Å². The van der Waals surface area contributed by atoms with Crippen molar-refractivity contribution in [3.8, 4) is 0 Å². The van der Waals surface area contributed by atoms with Crippen molar-refractivity contribution in [1.82, 2.24) is 4.90 Å². The van der Waals surface area contributed by atoms with Crippen LogP contribution in [0.4, 0.5) is 0 Å². The molecule has 1 saturated heterocycles. The van der Waals surface area contributed by atoms with Gasteiger partial charge in [-0.3, -0.25) is 4.79 Å². The van der Waals surface area contributed by atoms with Crippen LogP contribution < -0.4 is 0 Å². The molecule has 0 aromatic rings. The highest BCUT2D eigenvalue weighted by Crippen LogP contribution is 2.23. The molecule has 2 nitrogen and oxygen atoms in total. The molecular weight excluding hydrogens is 250 g/mol. The molecule has 0 aromatic carbocycles. The lowest BCUT2D eigenvalue weighted by molar-refractivity contribution is -0.126. The summed E-state index contributed by atoms with van der Waals surface area (Å²) in [5.41, 5.74) is 3.55. The first kappa shape index (κ1) is 16.5. The quantitative estimate of drug-likeness (QED) is 0.501. The summed E-state index contributed by atoms with van der Waals surface area (Å²) in [5.74, 6) is 0.339. The number of nitrogens with zero attached hydrogens (tertiary/aromatic N) is 1. The Balaban J connectivity index is 2.86. The first-order valence-corrected chi connectivity index (χ1v) is 11.1. The van der Waals surface area contributed by atoms with Gasteiger partial charge in [0.1, 0.15) is 0 Å². The Morgan fingerprint density at radius 3 is 2.21 bits per heavy atom. The average Bonchev–Trinajstić information content (AvgIpc) is 2.96.